The van der Waals surface area contributed by atoms with Gasteiger partial charge in [-0.3, -0.25) is 0 Å². The highest BCUT2D eigenvalue weighted by atomic mass is 32.1. The molecule has 1 aromatic heterocycles. The van der Waals surface area contributed by atoms with E-state index in [9.17, 15) is 0 Å². The molecule has 4 rings (SSSR count). The molecule has 2 heteroatoms. The molecular formula is C15H17NS. The molecule has 17 heavy (non-hydrogen) atoms. The lowest BCUT2D eigenvalue weighted by atomic mass is 9.90. The number of fused-ring (bicyclic) bond motifs is 2. The van der Waals surface area contributed by atoms with E-state index in [4.69, 9.17) is 5.73 Å². The quantitative estimate of drug-likeness (QED) is 0.849. The molecule has 0 bridgehead atoms. The van der Waals surface area contributed by atoms with Gasteiger partial charge in [-0.15, -0.1) is 11.3 Å². The summed E-state index contributed by atoms with van der Waals surface area (Å²) < 4.78 is 1.38. The van der Waals surface area contributed by atoms with Crippen molar-refractivity contribution in [3.63, 3.8) is 0 Å². The van der Waals surface area contributed by atoms with Gasteiger partial charge >= 0.3 is 0 Å². The Balaban J connectivity index is 1.68. The van der Waals surface area contributed by atoms with E-state index in [1.807, 2.05) is 11.3 Å². The van der Waals surface area contributed by atoms with E-state index in [2.05, 4.69) is 29.6 Å². The molecule has 0 saturated heterocycles. The lowest BCUT2D eigenvalue weighted by Gasteiger charge is -2.20. The minimum atomic E-state index is 0.263. The van der Waals surface area contributed by atoms with Gasteiger partial charge in [-0.2, -0.15) is 0 Å². The lowest BCUT2D eigenvalue weighted by Crippen LogP contribution is -2.19. The smallest absolute Gasteiger partial charge is 0.0346 e. The van der Waals surface area contributed by atoms with Gasteiger partial charge in [0.1, 0.15) is 0 Å². The van der Waals surface area contributed by atoms with E-state index < -0.39 is 0 Å². The number of hydrogen-bond acceptors (Lipinski definition) is 2. The molecular weight excluding hydrogens is 226 g/mol. The van der Waals surface area contributed by atoms with E-state index in [1.54, 1.807) is 0 Å². The third kappa shape index (κ3) is 1.54. The van der Waals surface area contributed by atoms with Crippen LogP contribution in [0.3, 0.4) is 0 Å². The maximum Gasteiger partial charge on any atom is 0.0346 e. The molecule has 2 aliphatic rings. The maximum absolute atomic E-state index is 6.50. The molecule has 1 heterocycles. The van der Waals surface area contributed by atoms with Gasteiger partial charge in [0.05, 0.1) is 0 Å². The number of hydrogen-bond donors (Lipinski definition) is 1. The van der Waals surface area contributed by atoms with Gasteiger partial charge in [-0.25, -0.2) is 0 Å². The van der Waals surface area contributed by atoms with Crippen LogP contribution in [0.4, 0.5) is 0 Å². The van der Waals surface area contributed by atoms with Crippen molar-refractivity contribution in [1.82, 2.24) is 0 Å². The fraction of sp³-hybridized carbons (Fsp3) is 0.467. The molecule has 2 aliphatic carbocycles. The monoisotopic (exact) mass is 243 g/mol. The third-order valence-corrected chi connectivity index (χ3v) is 5.64. The summed E-state index contributed by atoms with van der Waals surface area (Å²) in [5, 5.41) is 3.66. The highest BCUT2D eigenvalue weighted by molar-refractivity contribution is 7.17. The summed E-state index contributed by atoms with van der Waals surface area (Å²) in [4.78, 5) is 0. The topological polar surface area (TPSA) is 26.0 Å². The van der Waals surface area contributed by atoms with Crippen molar-refractivity contribution in [3.05, 3.63) is 35.2 Å². The summed E-state index contributed by atoms with van der Waals surface area (Å²) in [6.45, 7) is 0. The summed E-state index contributed by atoms with van der Waals surface area (Å²) >= 11 is 1.83. The van der Waals surface area contributed by atoms with Crippen molar-refractivity contribution in [2.75, 3.05) is 0 Å². The zero-order chi connectivity index (χ0) is 11.4. The molecule has 2 aromatic rings. The first kappa shape index (κ1) is 10.1. The van der Waals surface area contributed by atoms with Crippen LogP contribution in [0.5, 0.6) is 0 Å². The zero-order valence-electron chi connectivity index (χ0n) is 9.80. The highest BCUT2D eigenvalue weighted by Gasteiger charge is 2.47. The first-order valence-corrected chi connectivity index (χ1v) is 7.42. The maximum atomic E-state index is 6.50. The van der Waals surface area contributed by atoms with E-state index in [0.29, 0.717) is 0 Å². The second-order valence-corrected chi connectivity index (χ2v) is 6.61. The van der Waals surface area contributed by atoms with Crippen LogP contribution in [0.25, 0.3) is 10.1 Å². The van der Waals surface area contributed by atoms with Crippen LogP contribution in [0, 0.1) is 17.8 Å². The van der Waals surface area contributed by atoms with Crippen LogP contribution in [-0.2, 0) is 0 Å². The third-order valence-electron chi connectivity index (χ3n) is 4.66. The average molecular weight is 243 g/mol. The molecule has 2 fully saturated rings. The van der Waals surface area contributed by atoms with Gasteiger partial charge in [0.2, 0.25) is 0 Å². The second kappa shape index (κ2) is 3.56. The largest absolute Gasteiger partial charge is 0.324 e. The molecule has 0 aliphatic heterocycles. The molecule has 2 N–H and O–H groups in total. The summed E-state index contributed by atoms with van der Waals surface area (Å²) in [6, 6.07) is 8.91. The Hall–Kier alpha value is -0.860. The molecule has 0 spiro atoms. The molecule has 88 valence electrons. The standard InChI is InChI=1S/C15H17NS/c16-15(11-6-9-5-10(9)7-11)13-8-17-14-4-2-1-3-12(13)14/h1-4,8-11,15H,5-7,16H2. The van der Waals surface area contributed by atoms with E-state index in [1.165, 1.54) is 34.9 Å². The number of thiophene rings is 1. The van der Waals surface area contributed by atoms with Crippen LogP contribution in [0.2, 0.25) is 0 Å². The van der Waals surface area contributed by atoms with Gasteiger partial charge in [-0.05, 0) is 59.4 Å². The predicted molar refractivity (Wildman–Crippen MR) is 73.1 cm³/mol. The zero-order valence-corrected chi connectivity index (χ0v) is 10.6. The molecule has 0 amide bonds. The fourth-order valence-electron chi connectivity index (χ4n) is 3.57. The SMILES string of the molecule is NC(c1csc2ccccc12)C1CC2CC2C1. The van der Waals surface area contributed by atoms with Crippen molar-refractivity contribution in [2.45, 2.75) is 25.3 Å². The Morgan fingerprint density at radius 2 is 1.88 bits per heavy atom. The summed E-state index contributed by atoms with van der Waals surface area (Å²) in [5.41, 5.74) is 7.89. The fourth-order valence-corrected chi connectivity index (χ4v) is 4.57. The van der Waals surface area contributed by atoms with Crippen LogP contribution in [-0.4, -0.2) is 0 Å². The number of benzene rings is 1. The first-order chi connectivity index (χ1) is 8.33. The van der Waals surface area contributed by atoms with Crippen LogP contribution >= 0.6 is 11.3 Å². The summed E-state index contributed by atoms with van der Waals surface area (Å²) in [6.07, 6.45) is 4.22. The van der Waals surface area contributed by atoms with Gasteiger partial charge in [0, 0.05) is 10.7 Å². The van der Waals surface area contributed by atoms with Crippen molar-refractivity contribution >= 4 is 21.4 Å². The molecule has 3 atom stereocenters. The minimum absolute atomic E-state index is 0.263. The molecule has 1 nitrogen and oxygen atoms in total. The van der Waals surface area contributed by atoms with Gasteiger partial charge in [0.15, 0.2) is 0 Å². The molecule has 2 saturated carbocycles. The Kier molecular flexibility index (Phi) is 2.12. The molecule has 0 radical (unpaired) electrons. The van der Waals surface area contributed by atoms with Crippen LogP contribution in [0.15, 0.2) is 29.6 Å². The Labute approximate surface area is 106 Å². The van der Waals surface area contributed by atoms with E-state index >= 15 is 0 Å². The molecule has 3 unspecified atom stereocenters. The van der Waals surface area contributed by atoms with E-state index in [-0.39, 0.29) is 6.04 Å². The van der Waals surface area contributed by atoms with Gasteiger partial charge in [-0.1, -0.05) is 18.2 Å². The second-order valence-electron chi connectivity index (χ2n) is 5.70. The Bertz CT molecular complexity index is 549. The van der Waals surface area contributed by atoms with Crippen molar-refractivity contribution < 1.29 is 0 Å². The summed E-state index contributed by atoms with van der Waals surface area (Å²) in [5.74, 6) is 2.78. The Morgan fingerprint density at radius 3 is 2.71 bits per heavy atom. The average Bonchev–Trinajstić information content (AvgIpc) is 2.80. The van der Waals surface area contributed by atoms with Crippen LogP contribution in [0.1, 0.15) is 30.9 Å². The first-order valence-electron chi connectivity index (χ1n) is 6.54. The van der Waals surface area contributed by atoms with E-state index in [0.717, 1.165) is 17.8 Å². The minimum Gasteiger partial charge on any atom is -0.324 e. The normalized spacial score (nSPS) is 32.6. The van der Waals surface area contributed by atoms with Crippen LogP contribution < -0.4 is 5.73 Å². The summed E-state index contributed by atoms with van der Waals surface area (Å²) in [7, 11) is 0. The lowest BCUT2D eigenvalue weighted by molar-refractivity contribution is 0.406. The Morgan fingerprint density at radius 1 is 1.12 bits per heavy atom. The van der Waals surface area contributed by atoms with Gasteiger partial charge in [0.25, 0.3) is 0 Å². The highest BCUT2D eigenvalue weighted by Crippen LogP contribution is 2.57. The van der Waals surface area contributed by atoms with Gasteiger partial charge < -0.3 is 5.73 Å². The van der Waals surface area contributed by atoms with Crippen molar-refractivity contribution in [2.24, 2.45) is 23.5 Å². The van der Waals surface area contributed by atoms with Crippen molar-refractivity contribution in [1.29, 1.82) is 0 Å². The predicted octanol–water partition coefficient (Wildman–Crippen LogP) is 3.95. The number of nitrogens with two attached hydrogens (primary N) is 1. The van der Waals surface area contributed by atoms with Crippen molar-refractivity contribution in [3.8, 4) is 0 Å². The molecule has 1 aromatic carbocycles. The number of rotatable bonds is 2.